The lowest BCUT2D eigenvalue weighted by Gasteiger charge is -2.02. The van der Waals surface area contributed by atoms with E-state index in [0.717, 1.165) is 0 Å². The summed E-state index contributed by atoms with van der Waals surface area (Å²) >= 11 is 0. The fourth-order valence-corrected chi connectivity index (χ4v) is 1.88. The zero-order valence-corrected chi connectivity index (χ0v) is 9.05. The van der Waals surface area contributed by atoms with Crippen LogP contribution in [0.4, 0.5) is 0 Å². The summed E-state index contributed by atoms with van der Waals surface area (Å²) in [7, 11) is -4.16. The quantitative estimate of drug-likeness (QED) is 0.808. The van der Waals surface area contributed by atoms with Crippen LogP contribution in [0.1, 0.15) is 0 Å². The molecule has 1 aromatic heterocycles. The normalized spacial score (nSPS) is 11.3. The van der Waals surface area contributed by atoms with Crippen molar-refractivity contribution in [1.29, 1.82) is 0 Å². The van der Waals surface area contributed by atoms with Gasteiger partial charge in [0.15, 0.2) is 0 Å². The predicted octanol–water partition coefficient (Wildman–Crippen LogP) is 2.00. The van der Waals surface area contributed by atoms with Crippen molar-refractivity contribution in [2.75, 3.05) is 0 Å². The molecular weight excluding hydrogens is 226 g/mol. The van der Waals surface area contributed by atoms with E-state index in [1.54, 1.807) is 30.5 Å². The Bertz CT molecular complexity index is 594. The van der Waals surface area contributed by atoms with Crippen molar-refractivity contribution in [3.8, 4) is 11.3 Å². The summed E-state index contributed by atoms with van der Waals surface area (Å²) in [6.07, 6.45) is 1.62. The van der Waals surface area contributed by atoms with Crippen molar-refractivity contribution in [1.82, 2.24) is 4.98 Å². The molecule has 0 spiro atoms. The second kappa shape index (κ2) is 4.03. The van der Waals surface area contributed by atoms with Gasteiger partial charge in [0.25, 0.3) is 10.1 Å². The van der Waals surface area contributed by atoms with E-state index in [0.29, 0.717) is 11.3 Å². The summed E-state index contributed by atoms with van der Waals surface area (Å²) < 4.78 is 30.8. The summed E-state index contributed by atoms with van der Waals surface area (Å²) in [6.45, 7) is 0. The highest BCUT2D eigenvalue weighted by Gasteiger charge is 2.10. The summed E-state index contributed by atoms with van der Waals surface area (Å²) in [5, 5.41) is 0. The maximum atomic E-state index is 11.0. The standard InChI is InChI=1S/C11H9NO3S/c13-16(14,15)10-5-3-4-9(8-10)11-6-1-2-7-12-11/h1-8H,(H,13,14,15). The minimum Gasteiger partial charge on any atom is -0.282 e. The smallest absolute Gasteiger partial charge is 0.282 e. The summed E-state index contributed by atoms with van der Waals surface area (Å²) in [4.78, 5) is 3.97. The SMILES string of the molecule is O=S(=O)(O)c1cccc(-c2ccccn2)c1. The van der Waals surface area contributed by atoms with Crippen molar-refractivity contribution >= 4 is 10.1 Å². The molecule has 0 unspecified atom stereocenters. The van der Waals surface area contributed by atoms with Gasteiger partial charge in [0, 0.05) is 11.8 Å². The van der Waals surface area contributed by atoms with E-state index >= 15 is 0 Å². The third-order valence-electron chi connectivity index (χ3n) is 2.09. The minimum atomic E-state index is -4.16. The van der Waals surface area contributed by atoms with Gasteiger partial charge < -0.3 is 0 Å². The molecule has 0 radical (unpaired) electrons. The number of aromatic nitrogens is 1. The Labute approximate surface area is 93.3 Å². The lowest BCUT2D eigenvalue weighted by molar-refractivity contribution is 0.483. The maximum Gasteiger partial charge on any atom is 0.294 e. The third-order valence-corrected chi connectivity index (χ3v) is 2.94. The van der Waals surface area contributed by atoms with Crippen LogP contribution in [-0.2, 0) is 10.1 Å². The first-order valence-corrected chi connectivity index (χ1v) is 6.00. The number of rotatable bonds is 2. The number of benzene rings is 1. The fourth-order valence-electron chi connectivity index (χ4n) is 1.35. The van der Waals surface area contributed by atoms with Crippen LogP contribution in [0, 0.1) is 0 Å². The first-order valence-electron chi connectivity index (χ1n) is 4.56. The molecule has 1 heterocycles. The molecule has 0 saturated carbocycles. The highest BCUT2D eigenvalue weighted by molar-refractivity contribution is 7.85. The summed E-state index contributed by atoms with van der Waals surface area (Å²) in [5.41, 5.74) is 1.31. The maximum absolute atomic E-state index is 11.0. The fraction of sp³-hybridized carbons (Fsp3) is 0. The van der Waals surface area contributed by atoms with E-state index in [-0.39, 0.29) is 4.90 Å². The van der Waals surface area contributed by atoms with Gasteiger partial charge in [0.1, 0.15) is 0 Å². The zero-order valence-electron chi connectivity index (χ0n) is 8.24. The van der Waals surface area contributed by atoms with Crippen LogP contribution in [-0.4, -0.2) is 18.0 Å². The van der Waals surface area contributed by atoms with Gasteiger partial charge >= 0.3 is 0 Å². The highest BCUT2D eigenvalue weighted by Crippen LogP contribution is 2.19. The molecule has 0 amide bonds. The van der Waals surface area contributed by atoms with Crippen molar-refractivity contribution < 1.29 is 13.0 Å². The van der Waals surface area contributed by atoms with Crippen molar-refractivity contribution in [2.45, 2.75) is 4.90 Å². The van der Waals surface area contributed by atoms with Gasteiger partial charge in [-0.25, -0.2) is 0 Å². The molecule has 2 rings (SSSR count). The van der Waals surface area contributed by atoms with Crippen LogP contribution in [0.2, 0.25) is 0 Å². The molecule has 5 heteroatoms. The van der Waals surface area contributed by atoms with E-state index in [1.165, 1.54) is 12.1 Å². The largest absolute Gasteiger partial charge is 0.294 e. The Kier molecular flexibility index (Phi) is 2.72. The zero-order chi connectivity index (χ0) is 11.6. The monoisotopic (exact) mass is 235 g/mol. The lowest BCUT2D eigenvalue weighted by atomic mass is 10.1. The van der Waals surface area contributed by atoms with Gasteiger partial charge in [-0.2, -0.15) is 8.42 Å². The second-order valence-electron chi connectivity index (χ2n) is 3.22. The predicted molar refractivity (Wildman–Crippen MR) is 59.5 cm³/mol. The first kappa shape index (κ1) is 10.8. The number of pyridine rings is 1. The molecule has 0 fully saturated rings. The molecule has 0 saturated heterocycles. The average molecular weight is 235 g/mol. The van der Waals surface area contributed by atoms with Crippen molar-refractivity contribution in [2.24, 2.45) is 0 Å². The lowest BCUT2D eigenvalue weighted by Crippen LogP contribution is -1.97. The molecule has 16 heavy (non-hydrogen) atoms. The Hall–Kier alpha value is -1.72. The van der Waals surface area contributed by atoms with Crippen LogP contribution >= 0.6 is 0 Å². The number of hydrogen-bond acceptors (Lipinski definition) is 3. The van der Waals surface area contributed by atoms with Crippen molar-refractivity contribution in [3.05, 3.63) is 48.7 Å². The Balaban J connectivity index is 2.53. The van der Waals surface area contributed by atoms with E-state index < -0.39 is 10.1 Å². The van der Waals surface area contributed by atoms with Crippen LogP contribution in [0.3, 0.4) is 0 Å². The highest BCUT2D eigenvalue weighted by atomic mass is 32.2. The molecule has 0 bridgehead atoms. The summed E-state index contributed by atoms with van der Waals surface area (Å²) in [6, 6.07) is 11.4. The van der Waals surface area contributed by atoms with Gasteiger partial charge in [0.2, 0.25) is 0 Å². The van der Waals surface area contributed by atoms with E-state index in [4.69, 9.17) is 4.55 Å². The summed E-state index contributed by atoms with van der Waals surface area (Å²) in [5.74, 6) is 0. The van der Waals surface area contributed by atoms with Gasteiger partial charge in [-0.3, -0.25) is 9.54 Å². The van der Waals surface area contributed by atoms with E-state index in [9.17, 15) is 8.42 Å². The van der Waals surface area contributed by atoms with E-state index in [2.05, 4.69) is 4.98 Å². The molecule has 82 valence electrons. The minimum absolute atomic E-state index is 0.129. The molecule has 0 aliphatic carbocycles. The van der Waals surface area contributed by atoms with Gasteiger partial charge in [0.05, 0.1) is 10.6 Å². The Morgan fingerprint density at radius 3 is 2.50 bits per heavy atom. The molecule has 4 nitrogen and oxygen atoms in total. The second-order valence-corrected chi connectivity index (χ2v) is 4.64. The number of nitrogens with zero attached hydrogens (tertiary/aromatic N) is 1. The molecular formula is C11H9NO3S. The van der Waals surface area contributed by atoms with Crippen LogP contribution in [0.15, 0.2) is 53.6 Å². The Morgan fingerprint density at radius 2 is 1.88 bits per heavy atom. The Morgan fingerprint density at radius 1 is 1.06 bits per heavy atom. The topological polar surface area (TPSA) is 67.3 Å². The molecule has 1 N–H and O–H groups in total. The van der Waals surface area contributed by atoms with Gasteiger partial charge in [-0.15, -0.1) is 0 Å². The number of hydrogen-bond donors (Lipinski definition) is 1. The van der Waals surface area contributed by atoms with Crippen molar-refractivity contribution in [3.63, 3.8) is 0 Å². The van der Waals surface area contributed by atoms with Gasteiger partial charge in [-0.05, 0) is 24.3 Å². The molecule has 1 aromatic carbocycles. The first-order chi connectivity index (χ1) is 7.57. The average Bonchev–Trinajstić information content (AvgIpc) is 2.29. The van der Waals surface area contributed by atoms with Crippen LogP contribution < -0.4 is 0 Å². The molecule has 0 aliphatic heterocycles. The molecule has 0 atom stereocenters. The molecule has 2 aromatic rings. The van der Waals surface area contributed by atoms with E-state index in [1.807, 2.05) is 6.07 Å². The van der Waals surface area contributed by atoms with Crippen LogP contribution in [0.25, 0.3) is 11.3 Å². The molecule has 0 aliphatic rings. The van der Waals surface area contributed by atoms with Gasteiger partial charge in [-0.1, -0.05) is 18.2 Å². The van der Waals surface area contributed by atoms with Crippen LogP contribution in [0.5, 0.6) is 0 Å². The third kappa shape index (κ3) is 2.26.